The highest BCUT2D eigenvalue weighted by Gasteiger charge is 2.19. The molecule has 6 heteroatoms. The molecule has 1 fully saturated rings. The summed E-state index contributed by atoms with van der Waals surface area (Å²) in [6, 6.07) is 7.39. The van der Waals surface area contributed by atoms with E-state index in [4.69, 9.17) is 0 Å². The molecule has 0 saturated carbocycles. The standard InChI is InChI=1S/C19H31FN4S/c1-3-12-24-13-9-16(10-14-24)23-19(21-4-2)22-11-15-25-18-8-6-5-7-17(18)20/h5-8,16H,3-4,9-15H2,1-2H3,(H2,21,22,23). The van der Waals surface area contributed by atoms with Gasteiger partial charge in [-0.25, -0.2) is 4.39 Å². The van der Waals surface area contributed by atoms with E-state index in [0.29, 0.717) is 17.5 Å². The van der Waals surface area contributed by atoms with Crippen LogP contribution in [0.3, 0.4) is 0 Å². The van der Waals surface area contributed by atoms with Crippen molar-refractivity contribution in [3.8, 4) is 0 Å². The Kier molecular flexibility index (Phi) is 9.11. The molecule has 0 amide bonds. The second-order valence-electron chi connectivity index (χ2n) is 6.30. The lowest BCUT2D eigenvalue weighted by Gasteiger charge is -2.32. The van der Waals surface area contributed by atoms with E-state index in [0.717, 1.165) is 44.2 Å². The van der Waals surface area contributed by atoms with Gasteiger partial charge in [0.25, 0.3) is 0 Å². The predicted molar refractivity (Wildman–Crippen MR) is 106 cm³/mol. The van der Waals surface area contributed by atoms with Gasteiger partial charge in [0.2, 0.25) is 0 Å². The number of likely N-dealkylation sites (tertiary alicyclic amines) is 1. The van der Waals surface area contributed by atoms with Crippen LogP contribution in [0.25, 0.3) is 0 Å². The Balaban J connectivity index is 1.75. The zero-order valence-corrected chi connectivity index (χ0v) is 16.2. The summed E-state index contributed by atoms with van der Waals surface area (Å²) in [6.45, 7) is 9.36. The van der Waals surface area contributed by atoms with Gasteiger partial charge in [0.05, 0.1) is 6.54 Å². The Morgan fingerprint density at radius 2 is 2.04 bits per heavy atom. The second-order valence-corrected chi connectivity index (χ2v) is 7.44. The first-order chi connectivity index (χ1) is 12.2. The van der Waals surface area contributed by atoms with Crippen LogP contribution < -0.4 is 10.6 Å². The molecule has 2 rings (SSSR count). The fourth-order valence-electron chi connectivity index (χ4n) is 3.01. The zero-order chi connectivity index (χ0) is 17.9. The number of aliphatic imine (C=N–C) groups is 1. The van der Waals surface area contributed by atoms with Crippen molar-refractivity contribution in [1.29, 1.82) is 0 Å². The summed E-state index contributed by atoms with van der Waals surface area (Å²) in [5.74, 6) is 1.50. The first kappa shape index (κ1) is 20.0. The smallest absolute Gasteiger partial charge is 0.191 e. The van der Waals surface area contributed by atoms with Gasteiger partial charge in [-0.1, -0.05) is 19.1 Å². The highest BCUT2D eigenvalue weighted by atomic mass is 32.2. The number of nitrogens with one attached hydrogen (secondary N) is 2. The number of nitrogens with zero attached hydrogens (tertiary/aromatic N) is 2. The molecule has 1 aromatic carbocycles. The van der Waals surface area contributed by atoms with E-state index in [-0.39, 0.29) is 5.82 Å². The Bertz CT molecular complexity index is 530. The SMILES string of the molecule is CCCN1CCC(NC(=NCCSc2ccccc2F)NCC)CC1. The predicted octanol–water partition coefficient (Wildman–Crippen LogP) is 3.35. The molecule has 0 bridgehead atoms. The van der Waals surface area contributed by atoms with Crippen molar-refractivity contribution in [3.05, 3.63) is 30.1 Å². The van der Waals surface area contributed by atoms with Crippen LogP contribution in [-0.2, 0) is 0 Å². The lowest BCUT2D eigenvalue weighted by molar-refractivity contribution is 0.206. The number of hydrogen-bond acceptors (Lipinski definition) is 3. The van der Waals surface area contributed by atoms with E-state index in [1.807, 2.05) is 12.1 Å². The van der Waals surface area contributed by atoms with Crippen molar-refractivity contribution in [2.75, 3.05) is 38.5 Å². The number of guanidine groups is 1. The molecule has 2 N–H and O–H groups in total. The molecule has 0 aliphatic carbocycles. The van der Waals surface area contributed by atoms with Crippen LogP contribution in [0.1, 0.15) is 33.1 Å². The summed E-state index contributed by atoms with van der Waals surface area (Å²) >= 11 is 1.51. The van der Waals surface area contributed by atoms with Gasteiger partial charge in [-0.2, -0.15) is 0 Å². The lowest BCUT2D eigenvalue weighted by atomic mass is 10.1. The minimum absolute atomic E-state index is 0.152. The van der Waals surface area contributed by atoms with E-state index < -0.39 is 0 Å². The maximum atomic E-state index is 13.6. The molecule has 4 nitrogen and oxygen atoms in total. The maximum Gasteiger partial charge on any atom is 0.191 e. The first-order valence-corrected chi connectivity index (χ1v) is 10.4. The topological polar surface area (TPSA) is 39.7 Å². The fourth-order valence-corrected chi connectivity index (χ4v) is 3.79. The van der Waals surface area contributed by atoms with E-state index >= 15 is 0 Å². The van der Waals surface area contributed by atoms with Crippen molar-refractivity contribution in [3.63, 3.8) is 0 Å². The van der Waals surface area contributed by atoms with Crippen molar-refractivity contribution in [2.24, 2.45) is 4.99 Å². The largest absolute Gasteiger partial charge is 0.357 e. The van der Waals surface area contributed by atoms with Crippen LogP contribution in [0, 0.1) is 5.82 Å². The minimum atomic E-state index is -0.152. The normalized spacial score (nSPS) is 16.8. The molecule has 1 aliphatic rings. The highest BCUT2D eigenvalue weighted by molar-refractivity contribution is 7.99. The number of hydrogen-bond donors (Lipinski definition) is 2. The van der Waals surface area contributed by atoms with E-state index in [1.54, 1.807) is 6.07 Å². The molecule has 0 atom stereocenters. The van der Waals surface area contributed by atoms with Gasteiger partial charge in [0, 0.05) is 36.3 Å². The Morgan fingerprint density at radius 3 is 2.72 bits per heavy atom. The van der Waals surface area contributed by atoms with Gasteiger partial charge in [-0.15, -0.1) is 11.8 Å². The molecule has 0 aromatic heterocycles. The fraction of sp³-hybridized carbons (Fsp3) is 0.632. The molecule has 1 heterocycles. The number of piperidine rings is 1. The third kappa shape index (κ3) is 7.24. The van der Waals surface area contributed by atoms with Gasteiger partial charge in [-0.3, -0.25) is 4.99 Å². The Hall–Kier alpha value is -1.27. The molecular formula is C19H31FN4S. The number of thioether (sulfide) groups is 1. The van der Waals surface area contributed by atoms with Crippen molar-refractivity contribution in [1.82, 2.24) is 15.5 Å². The minimum Gasteiger partial charge on any atom is -0.357 e. The first-order valence-electron chi connectivity index (χ1n) is 9.37. The molecule has 0 unspecified atom stereocenters. The monoisotopic (exact) mass is 366 g/mol. The van der Waals surface area contributed by atoms with Gasteiger partial charge in [0.1, 0.15) is 5.82 Å². The van der Waals surface area contributed by atoms with Crippen LogP contribution in [-0.4, -0.2) is 55.4 Å². The zero-order valence-electron chi connectivity index (χ0n) is 15.4. The average Bonchev–Trinajstić information content (AvgIpc) is 2.62. The Morgan fingerprint density at radius 1 is 1.28 bits per heavy atom. The van der Waals surface area contributed by atoms with E-state index in [1.165, 1.54) is 30.8 Å². The second kappa shape index (κ2) is 11.4. The third-order valence-corrected chi connectivity index (χ3v) is 5.30. The molecule has 140 valence electrons. The van der Waals surface area contributed by atoms with Gasteiger partial charge >= 0.3 is 0 Å². The molecule has 1 aliphatic heterocycles. The van der Waals surface area contributed by atoms with Crippen molar-refractivity contribution < 1.29 is 4.39 Å². The van der Waals surface area contributed by atoms with Crippen LogP contribution in [0.4, 0.5) is 4.39 Å². The summed E-state index contributed by atoms with van der Waals surface area (Å²) in [4.78, 5) is 7.87. The number of rotatable bonds is 8. The highest BCUT2D eigenvalue weighted by Crippen LogP contribution is 2.20. The number of benzene rings is 1. The van der Waals surface area contributed by atoms with Crippen molar-refractivity contribution in [2.45, 2.75) is 44.0 Å². The van der Waals surface area contributed by atoms with Gasteiger partial charge < -0.3 is 15.5 Å². The molecule has 25 heavy (non-hydrogen) atoms. The van der Waals surface area contributed by atoms with Gasteiger partial charge in [-0.05, 0) is 44.9 Å². The van der Waals surface area contributed by atoms with Crippen LogP contribution in [0.15, 0.2) is 34.2 Å². The Labute approximate surface area is 155 Å². The van der Waals surface area contributed by atoms with Crippen molar-refractivity contribution >= 4 is 17.7 Å². The molecule has 1 aromatic rings. The number of halogens is 1. The van der Waals surface area contributed by atoms with E-state index in [2.05, 4.69) is 34.4 Å². The third-order valence-electron chi connectivity index (χ3n) is 4.27. The average molecular weight is 367 g/mol. The van der Waals surface area contributed by atoms with Crippen LogP contribution in [0.5, 0.6) is 0 Å². The van der Waals surface area contributed by atoms with Crippen LogP contribution >= 0.6 is 11.8 Å². The summed E-state index contributed by atoms with van der Waals surface area (Å²) in [6.07, 6.45) is 3.55. The molecular weight excluding hydrogens is 335 g/mol. The summed E-state index contributed by atoms with van der Waals surface area (Å²) in [5.41, 5.74) is 0. The van der Waals surface area contributed by atoms with Crippen LogP contribution in [0.2, 0.25) is 0 Å². The summed E-state index contributed by atoms with van der Waals surface area (Å²) in [7, 11) is 0. The molecule has 1 saturated heterocycles. The molecule has 0 spiro atoms. The van der Waals surface area contributed by atoms with E-state index in [9.17, 15) is 4.39 Å². The molecule has 0 radical (unpaired) electrons. The van der Waals surface area contributed by atoms with Gasteiger partial charge in [0.15, 0.2) is 5.96 Å². The summed E-state index contributed by atoms with van der Waals surface area (Å²) in [5, 5.41) is 6.88. The quantitative estimate of drug-likeness (QED) is 0.320. The lowest BCUT2D eigenvalue weighted by Crippen LogP contribution is -2.48. The summed E-state index contributed by atoms with van der Waals surface area (Å²) < 4.78 is 13.6. The maximum absolute atomic E-state index is 13.6.